The Morgan fingerprint density at radius 3 is 2.34 bits per heavy atom. The number of sulfonamides is 1. The van der Waals surface area contributed by atoms with Gasteiger partial charge in [-0.05, 0) is 59.1 Å². The molecular formula is C21H24BrN3O3S. The summed E-state index contributed by atoms with van der Waals surface area (Å²) in [5.41, 5.74) is 2.80. The molecule has 1 atom stereocenters. The van der Waals surface area contributed by atoms with Gasteiger partial charge in [0.1, 0.15) is 0 Å². The molecule has 0 aromatic heterocycles. The number of benzene rings is 2. The first-order chi connectivity index (χ1) is 13.8. The van der Waals surface area contributed by atoms with Crippen molar-refractivity contribution in [3.8, 4) is 0 Å². The number of halogens is 1. The molecule has 2 heterocycles. The van der Waals surface area contributed by atoms with Gasteiger partial charge in [-0.15, -0.1) is 0 Å². The normalized spacial score (nSPS) is 20.0. The van der Waals surface area contributed by atoms with Crippen LogP contribution in [0.5, 0.6) is 0 Å². The third kappa shape index (κ3) is 3.69. The molecule has 0 N–H and O–H groups in total. The quantitative estimate of drug-likeness (QED) is 0.680. The average Bonchev–Trinajstić information content (AvgIpc) is 3.02. The molecule has 154 valence electrons. The van der Waals surface area contributed by atoms with E-state index < -0.39 is 10.0 Å². The summed E-state index contributed by atoms with van der Waals surface area (Å²) in [5, 5.41) is 0. The average molecular weight is 478 g/mol. The highest BCUT2D eigenvalue weighted by atomic mass is 79.9. The molecule has 0 bridgehead atoms. The van der Waals surface area contributed by atoms with Crippen LogP contribution in [0.1, 0.15) is 19.4 Å². The van der Waals surface area contributed by atoms with E-state index in [0.717, 1.165) is 17.7 Å². The summed E-state index contributed by atoms with van der Waals surface area (Å²) in [6.45, 7) is 5.63. The first kappa shape index (κ1) is 20.4. The fourth-order valence-corrected chi connectivity index (χ4v) is 6.75. The van der Waals surface area contributed by atoms with Crippen LogP contribution in [-0.4, -0.2) is 50.9 Å². The SMILES string of the molecule is CC(=O)N1c2cc(S(=O)(=O)N3CCN(c4ccccc4)CC3)c(Br)cc2C[C@@H]1C. The Labute approximate surface area is 180 Å². The molecule has 2 aliphatic rings. The minimum Gasteiger partial charge on any atom is -0.369 e. The zero-order valence-corrected chi connectivity index (χ0v) is 18.9. The number of piperazine rings is 1. The maximum atomic E-state index is 13.4. The van der Waals surface area contributed by atoms with Crippen LogP contribution >= 0.6 is 15.9 Å². The largest absolute Gasteiger partial charge is 0.369 e. The van der Waals surface area contributed by atoms with Gasteiger partial charge in [-0.2, -0.15) is 4.31 Å². The van der Waals surface area contributed by atoms with Crippen molar-refractivity contribution in [2.24, 2.45) is 0 Å². The molecule has 4 rings (SSSR count). The monoisotopic (exact) mass is 477 g/mol. The van der Waals surface area contributed by atoms with Crippen molar-refractivity contribution < 1.29 is 13.2 Å². The molecule has 29 heavy (non-hydrogen) atoms. The second-order valence-corrected chi connectivity index (χ2v) is 10.3. The highest BCUT2D eigenvalue weighted by Gasteiger charge is 2.35. The summed E-state index contributed by atoms with van der Waals surface area (Å²) >= 11 is 3.46. The van der Waals surface area contributed by atoms with Crippen LogP contribution in [0.4, 0.5) is 11.4 Å². The van der Waals surface area contributed by atoms with Gasteiger partial charge in [0, 0.05) is 55.0 Å². The molecule has 2 aliphatic heterocycles. The molecule has 0 saturated carbocycles. The Morgan fingerprint density at radius 2 is 1.72 bits per heavy atom. The fraction of sp³-hybridized carbons (Fsp3) is 0.381. The van der Waals surface area contributed by atoms with Crippen molar-refractivity contribution in [1.29, 1.82) is 0 Å². The predicted molar refractivity (Wildman–Crippen MR) is 118 cm³/mol. The molecule has 2 aromatic rings. The van der Waals surface area contributed by atoms with Crippen LogP contribution in [0.25, 0.3) is 0 Å². The summed E-state index contributed by atoms with van der Waals surface area (Å²) in [5.74, 6) is -0.0709. The topological polar surface area (TPSA) is 60.9 Å². The Kier molecular flexibility index (Phi) is 5.44. The van der Waals surface area contributed by atoms with Crippen LogP contribution in [0.2, 0.25) is 0 Å². The molecule has 0 spiro atoms. The standard InChI is InChI=1S/C21H24BrN3O3S/c1-15-12-17-13-19(22)21(14-20(17)25(15)16(2)26)29(27,28)24-10-8-23(9-11-24)18-6-4-3-5-7-18/h3-7,13-15H,8-12H2,1-2H3/t15-/m0/s1. The van der Waals surface area contributed by atoms with Crippen molar-refractivity contribution >= 4 is 43.2 Å². The molecule has 1 saturated heterocycles. The van der Waals surface area contributed by atoms with Gasteiger partial charge in [0.15, 0.2) is 0 Å². The zero-order chi connectivity index (χ0) is 20.8. The van der Waals surface area contributed by atoms with Gasteiger partial charge in [-0.3, -0.25) is 4.79 Å². The van der Waals surface area contributed by atoms with E-state index in [9.17, 15) is 13.2 Å². The molecule has 8 heteroatoms. The minimum absolute atomic E-state index is 0.0294. The molecule has 2 aromatic carbocycles. The maximum absolute atomic E-state index is 13.4. The molecule has 0 aliphatic carbocycles. The second kappa shape index (κ2) is 7.74. The van der Waals surface area contributed by atoms with Crippen LogP contribution in [0.3, 0.4) is 0 Å². The smallest absolute Gasteiger partial charge is 0.244 e. The van der Waals surface area contributed by atoms with Crippen LogP contribution in [0.15, 0.2) is 51.8 Å². The summed E-state index contributed by atoms with van der Waals surface area (Å²) in [6, 6.07) is 13.6. The van der Waals surface area contributed by atoms with Crippen molar-refractivity contribution in [2.45, 2.75) is 31.2 Å². The molecule has 0 radical (unpaired) electrons. The van der Waals surface area contributed by atoms with E-state index in [1.54, 1.807) is 11.0 Å². The molecule has 0 unspecified atom stereocenters. The van der Waals surface area contributed by atoms with Gasteiger partial charge in [-0.25, -0.2) is 8.42 Å². The van der Waals surface area contributed by atoms with E-state index in [2.05, 4.69) is 20.8 Å². The van der Waals surface area contributed by atoms with Crippen LogP contribution in [-0.2, 0) is 21.2 Å². The highest BCUT2D eigenvalue weighted by Crippen LogP contribution is 2.39. The Morgan fingerprint density at radius 1 is 1.07 bits per heavy atom. The van der Waals surface area contributed by atoms with Gasteiger partial charge in [0.25, 0.3) is 0 Å². The van der Waals surface area contributed by atoms with Gasteiger partial charge < -0.3 is 9.80 Å². The van der Waals surface area contributed by atoms with E-state index in [-0.39, 0.29) is 16.8 Å². The number of carbonyl (C=O) groups is 1. The number of nitrogens with zero attached hydrogens (tertiary/aromatic N) is 3. The predicted octanol–water partition coefficient (Wildman–Crippen LogP) is 3.26. The van der Waals surface area contributed by atoms with E-state index >= 15 is 0 Å². The summed E-state index contributed by atoms with van der Waals surface area (Å²) in [6.07, 6.45) is 0.726. The van der Waals surface area contributed by atoms with Gasteiger partial charge in [0.05, 0.1) is 4.90 Å². The second-order valence-electron chi connectivity index (χ2n) is 7.58. The van der Waals surface area contributed by atoms with E-state index in [1.807, 2.05) is 43.3 Å². The Hall–Kier alpha value is -1.90. The van der Waals surface area contributed by atoms with E-state index in [4.69, 9.17) is 0 Å². The lowest BCUT2D eigenvalue weighted by Gasteiger charge is -2.35. The van der Waals surface area contributed by atoms with Crippen LogP contribution < -0.4 is 9.80 Å². The summed E-state index contributed by atoms with van der Waals surface area (Å²) in [7, 11) is -3.66. The highest BCUT2D eigenvalue weighted by molar-refractivity contribution is 9.10. The Balaban J connectivity index is 1.60. The number of fused-ring (bicyclic) bond motifs is 1. The molecule has 1 fully saturated rings. The number of anilines is 2. The third-order valence-corrected chi connectivity index (χ3v) is 8.52. The van der Waals surface area contributed by atoms with Crippen molar-refractivity contribution in [1.82, 2.24) is 4.31 Å². The van der Waals surface area contributed by atoms with Gasteiger partial charge >= 0.3 is 0 Å². The number of hydrogen-bond donors (Lipinski definition) is 0. The first-order valence-corrected chi connectivity index (χ1v) is 11.9. The van der Waals surface area contributed by atoms with Gasteiger partial charge in [0.2, 0.25) is 15.9 Å². The first-order valence-electron chi connectivity index (χ1n) is 9.71. The number of amides is 1. The minimum atomic E-state index is -3.66. The lowest BCUT2D eigenvalue weighted by atomic mass is 10.1. The zero-order valence-electron chi connectivity index (χ0n) is 16.5. The third-order valence-electron chi connectivity index (χ3n) is 5.67. The lowest BCUT2D eigenvalue weighted by Crippen LogP contribution is -2.48. The lowest BCUT2D eigenvalue weighted by molar-refractivity contribution is -0.116. The molecule has 6 nitrogen and oxygen atoms in total. The summed E-state index contributed by atoms with van der Waals surface area (Å²) in [4.78, 5) is 16.2. The van der Waals surface area contributed by atoms with Crippen molar-refractivity contribution in [3.05, 3.63) is 52.5 Å². The number of para-hydroxylation sites is 1. The van der Waals surface area contributed by atoms with E-state index in [1.165, 1.54) is 11.2 Å². The van der Waals surface area contributed by atoms with Crippen LogP contribution in [0, 0.1) is 0 Å². The molecular weight excluding hydrogens is 454 g/mol. The van der Waals surface area contributed by atoms with Gasteiger partial charge in [-0.1, -0.05) is 18.2 Å². The summed E-state index contributed by atoms with van der Waals surface area (Å²) < 4.78 is 28.9. The van der Waals surface area contributed by atoms with E-state index in [0.29, 0.717) is 36.3 Å². The number of carbonyl (C=O) groups excluding carboxylic acids is 1. The maximum Gasteiger partial charge on any atom is 0.244 e. The van der Waals surface area contributed by atoms with Crippen molar-refractivity contribution in [2.75, 3.05) is 36.0 Å². The molecule has 1 amide bonds. The fourth-order valence-electron chi connectivity index (χ4n) is 4.26. The number of hydrogen-bond acceptors (Lipinski definition) is 4. The number of rotatable bonds is 3. The van der Waals surface area contributed by atoms with Crippen molar-refractivity contribution in [3.63, 3.8) is 0 Å². The Bertz CT molecular complexity index is 1030.